The SMILES string of the molecule is C[C@@H](C1CCCCC1)N1C(=O)CC(=O)N(CCc2cccc(Cl)c2)C1=O. The molecule has 2 fully saturated rings. The van der Waals surface area contributed by atoms with Crippen molar-refractivity contribution in [1.29, 1.82) is 0 Å². The van der Waals surface area contributed by atoms with Crippen molar-refractivity contribution in [1.82, 2.24) is 9.80 Å². The van der Waals surface area contributed by atoms with Crippen molar-refractivity contribution in [2.45, 2.75) is 57.9 Å². The van der Waals surface area contributed by atoms with E-state index >= 15 is 0 Å². The van der Waals surface area contributed by atoms with Gasteiger partial charge in [-0.3, -0.25) is 19.4 Å². The molecule has 0 bridgehead atoms. The Kier molecular flexibility index (Phi) is 5.97. The lowest BCUT2D eigenvalue weighted by molar-refractivity contribution is -0.144. The number of amides is 4. The summed E-state index contributed by atoms with van der Waals surface area (Å²) in [6.07, 6.45) is 5.88. The average Bonchev–Trinajstić information content (AvgIpc) is 2.62. The summed E-state index contributed by atoms with van der Waals surface area (Å²) in [5.41, 5.74) is 0.960. The first-order chi connectivity index (χ1) is 12.5. The molecule has 6 heteroatoms. The van der Waals surface area contributed by atoms with E-state index < -0.39 is 11.9 Å². The van der Waals surface area contributed by atoms with Crippen LogP contribution in [0.2, 0.25) is 5.02 Å². The minimum atomic E-state index is -0.466. The number of imide groups is 2. The molecule has 1 heterocycles. The van der Waals surface area contributed by atoms with Crippen LogP contribution in [0.1, 0.15) is 51.0 Å². The molecule has 0 unspecified atom stereocenters. The van der Waals surface area contributed by atoms with E-state index in [9.17, 15) is 14.4 Å². The zero-order chi connectivity index (χ0) is 18.7. The number of nitrogens with zero attached hydrogens (tertiary/aromatic N) is 2. The zero-order valence-electron chi connectivity index (χ0n) is 15.1. The van der Waals surface area contributed by atoms with E-state index in [4.69, 9.17) is 11.6 Å². The van der Waals surface area contributed by atoms with E-state index in [0.29, 0.717) is 17.4 Å². The number of carbonyl (C=O) groups excluding carboxylic acids is 3. The molecule has 5 nitrogen and oxygen atoms in total. The third kappa shape index (κ3) is 4.09. The van der Waals surface area contributed by atoms with Crippen molar-refractivity contribution in [3.8, 4) is 0 Å². The highest BCUT2D eigenvalue weighted by Crippen LogP contribution is 2.31. The second-order valence-corrected chi connectivity index (χ2v) is 7.72. The molecular formula is C20H25ClN2O3. The van der Waals surface area contributed by atoms with E-state index in [1.807, 2.05) is 25.1 Å². The van der Waals surface area contributed by atoms with E-state index in [0.717, 1.165) is 31.2 Å². The lowest BCUT2D eigenvalue weighted by Crippen LogP contribution is -2.59. The number of carbonyl (C=O) groups is 3. The van der Waals surface area contributed by atoms with E-state index in [-0.39, 0.29) is 24.9 Å². The monoisotopic (exact) mass is 376 g/mol. The molecule has 1 saturated heterocycles. The molecule has 26 heavy (non-hydrogen) atoms. The fourth-order valence-electron chi connectivity index (χ4n) is 4.04. The van der Waals surface area contributed by atoms with Gasteiger partial charge in [0, 0.05) is 17.6 Å². The molecule has 1 aliphatic heterocycles. The molecule has 0 spiro atoms. The Morgan fingerprint density at radius 2 is 1.85 bits per heavy atom. The summed E-state index contributed by atoms with van der Waals surface area (Å²) in [6, 6.07) is 6.75. The standard InChI is InChI=1S/C20H25ClN2O3/c1-14(16-7-3-2-4-8-16)23-19(25)13-18(24)22(20(23)26)11-10-15-6-5-9-17(21)12-15/h5-6,9,12,14,16H,2-4,7-8,10-11,13H2,1H3/t14-/m0/s1. The summed E-state index contributed by atoms with van der Waals surface area (Å²) in [5, 5.41) is 0.626. The zero-order valence-corrected chi connectivity index (χ0v) is 15.9. The van der Waals surface area contributed by atoms with Crippen LogP contribution in [0, 0.1) is 5.92 Å². The summed E-state index contributed by atoms with van der Waals surface area (Å²) in [4.78, 5) is 40.1. The minimum absolute atomic E-state index is 0.155. The van der Waals surface area contributed by atoms with Gasteiger partial charge in [0.1, 0.15) is 6.42 Å². The van der Waals surface area contributed by atoms with Crippen molar-refractivity contribution in [2.24, 2.45) is 5.92 Å². The maximum atomic E-state index is 12.9. The lowest BCUT2D eigenvalue weighted by atomic mass is 9.83. The Bertz CT molecular complexity index is 700. The van der Waals surface area contributed by atoms with E-state index in [1.165, 1.54) is 16.2 Å². The molecule has 0 radical (unpaired) electrons. The summed E-state index contributed by atoms with van der Waals surface area (Å²) < 4.78 is 0. The number of barbiturate groups is 1. The first-order valence-corrected chi connectivity index (χ1v) is 9.76. The van der Waals surface area contributed by atoms with E-state index in [1.54, 1.807) is 6.07 Å². The number of rotatable bonds is 5. The Morgan fingerprint density at radius 1 is 1.12 bits per heavy atom. The Labute approximate surface area is 159 Å². The van der Waals surface area contributed by atoms with Gasteiger partial charge in [-0.15, -0.1) is 0 Å². The number of halogens is 1. The molecular weight excluding hydrogens is 352 g/mol. The Morgan fingerprint density at radius 3 is 2.54 bits per heavy atom. The van der Waals surface area contributed by atoms with Gasteiger partial charge in [0.15, 0.2) is 0 Å². The van der Waals surface area contributed by atoms with Crippen LogP contribution >= 0.6 is 11.6 Å². The van der Waals surface area contributed by atoms with Crippen LogP contribution in [0.25, 0.3) is 0 Å². The minimum Gasteiger partial charge on any atom is -0.274 e. The first-order valence-electron chi connectivity index (χ1n) is 9.38. The highest BCUT2D eigenvalue weighted by molar-refractivity contribution is 6.30. The Balaban J connectivity index is 1.70. The summed E-state index contributed by atoms with van der Waals surface area (Å²) >= 11 is 5.99. The van der Waals surface area contributed by atoms with Crippen LogP contribution in [0.5, 0.6) is 0 Å². The molecule has 1 aromatic rings. The Hall–Kier alpha value is -1.88. The van der Waals surface area contributed by atoms with Crippen molar-refractivity contribution >= 4 is 29.4 Å². The molecule has 0 N–H and O–H groups in total. The quantitative estimate of drug-likeness (QED) is 0.729. The molecule has 1 atom stereocenters. The third-order valence-electron chi connectivity index (χ3n) is 5.56. The van der Waals surface area contributed by atoms with Gasteiger partial charge < -0.3 is 0 Å². The smallest absolute Gasteiger partial charge is 0.274 e. The van der Waals surface area contributed by atoms with Gasteiger partial charge in [0.05, 0.1) is 0 Å². The van der Waals surface area contributed by atoms with Gasteiger partial charge in [0.25, 0.3) is 0 Å². The number of benzene rings is 1. The third-order valence-corrected chi connectivity index (χ3v) is 5.80. The van der Waals surface area contributed by atoms with Crippen LogP contribution in [-0.4, -0.2) is 40.2 Å². The van der Waals surface area contributed by atoms with Gasteiger partial charge in [-0.1, -0.05) is 43.0 Å². The predicted molar refractivity (Wildman–Crippen MR) is 99.8 cm³/mol. The number of hydrogen-bond donors (Lipinski definition) is 0. The maximum absolute atomic E-state index is 12.9. The summed E-state index contributed by atoms with van der Waals surface area (Å²) in [5.74, 6) is -0.439. The van der Waals surface area contributed by atoms with Crippen LogP contribution in [0.3, 0.4) is 0 Å². The van der Waals surface area contributed by atoms with Crippen LogP contribution in [-0.2, 0) is 16.0 Å². The highest BCUT2D eigenvalue weighted by Gasteiger charge is 2.42. The first kappa shape index (κ1) is 18.9. The van der Waals surface area contributed by atoms with Gasteiger partial charge in [0.2, 0.25) is 11.8 Å². The number of urea groups is 1. The molecule has 4 amide bonds. The average molecular weight is 377 g/mol. The lowest BCUT2D eigenvalue weighted by Gasteiger charge is -2.40. The molecule has 2 aliphatic rings. The fraction of sp³-hybridized carbons (Fsp3) is 0.550. The van der Waals surface area contributed by atoms with Gasteiger partial charge in [-0.2, -0.15) is 0 Å². The molecule has 1 aromatic carbocycles. The molecule has 1 saturated carbocycles. The molecule has 3 rings (SSSR count). The van der Waals surface area contributed by atoms with Crippen LogP contribution in [0.15, 0.2) is 24.3 Å². The predicted octanol–water partition coefficient (Wildman–Crippen LogP) is 4.03. The fourth-order valence-corrected chi connectivity index (χ4v) is 4.25. The summed E-state index contributed by atoms with van der Waals surface area (Å²) in [7, 11) is 0. The van der Waals surface area contributed by atoms with Crippen molar-refractivity contribution in [2.75, 3.05) is 6.54 Å². The highest BCUT2D eigenvalue weighted by atomic mass is 35.5. The molecule has 140 valence electrons. The largest absolute Gasteiger partial charge is 0.333 e. The van der Waals surface area contributed by atoms with Crippen molar-refractivity contribution < 1.29 is 14.4 Å². The topological polar surface area (TPSA) is 57.7 Å². The normalized spacial score (nSPS) is 20.6. The van der Waals surface area contributed by atoms with Crippen LogP contribution in [0.4, 0.5) is 4.79 Å². The number of hydrogen-bond acceptors (Lipinski definition) is 3. The maximum Gasteiger partial charge on any atom is 0.333 e. The van der Waals surface area contributed by atoms with Crippen molar-refractivity contribution in [3.63, 3.8) is 0 Å². The van der Waals surface area contributed by atoms with Gasteiger partial charge in [-0.05, 0) is 49.8 Å². The van der Waals surface area contributed by atoms with E-state index in [2.05, 4.69) is 0 Å². The molecule has 0 aromatic heterocycles. The second-order valence-electron chi connectivity index (χ2n) is 7.29. The van der Waals surface area contributed by atoms with Crippen LogP contribution < -0.4 is 0 Å². The van der Waals surface area contributed by atoms with Crippen molar-refractivity contribution in [3.05, 3.63) is 34.9 Å². The van der Waals surface area contributed by atoms with Gasteiger partial charge in [-0.25, -0.2) is 4.79 Å². The second kappa shape index (κ2) is 8.21. The molecule has 1 aliphatic carbocycles. The van der Waals surface area contributed by atoms with Gasteiger partial charge >= 0.3 is 6.03 Å². The summed E-state index contributed by atoms with van der Waals surface area (Å²) in [6.45, 7) is 2.20.